The number of rotatable bonds is 5. The van der Waals surface area contributed by atoms with Crippen LogP contribution in [0.25, 0.3) is 53.2 Å². The second-order valence-corrected chi connectivity index (χ2v) is 11.7. The van der Waals surface area contributed by atoms with Crippen LogP contribution in [0.2, 0.25) is 0 Å². The van der Waals surface area contributed by atoms with Gasteiger partial charge in [0.05, 0.1) is 5.69 Å². The molecule has 0 amide bonds. The third kappa shape index (κ3) is 4.25. The highest BCUT2D eigenvalue weighted by Gasteiger charge is 2.18. The van der Waals surface area contributed by atoms with E-state index in [4.69, 9.17) is 0 Å². The van der Waals surface area contributed by atoms with Gasteiger partial charge in [-0.25, -0.2) is 0 Å². The van der Waals surface area contributed by atoms with Gasteiger partial charge in [0.2, 0.25) is 0 Å². The second-order valence-electron chi connectivity index (χ2n) is 10.6. The van der Waals surface area contributed by atoms with Gasteiger partial charge in [0.25, 0.3) is 0 Å². The van der Waals surface area contributed by atoms with Gasteiger partial charge in [-0.15, -0.1) is 11.3 Å². The Morgan fingerprint density at radius 2 is 1.02 bits per heavy atom. The number of anilines is 3. The summed E-state index contributed by atoms with van der Waals surface area (Å²) in [6.45, 7) is 0. The van der Waals surface area contributed by atoms with Crippen LogP contribution in [-0.4, -0.2) is 0 Å². The minimum Gasteiger partial charge on any atom is -0.310 e. The number of thiophene rings is 1. The van der Waals surface area contributed by atoms with Crippen molar-refractivity contribution in [2.45, 2.75) is 0 Å². The van der Waals surface area contributed by atoms with Crippen LogP contribution in [0.3, 0.4) is 0 Å². The van der Waals surface area contributed by atoms with E-state index in [2.05, 4.69) is 169 Å². The first-order valence-electron chi connectivity index (χ1n) is 14.3. The van der Waals surface area contributed by atoms with Gasteiger partial charge >= 0.3 is 0 Å². The molecule has 1 aromatic heterocycles. The highest BCUT2D eigenvalue weighted by Crippen LogP contribution is 2.43. The monoisotopic (exact) mass is 553 g/mol. The van der Waals surface area contributed by atoms with Crippen molar-refractivity contribution in [2.24, 2.45) is 0 Å². The quantitative estimate of drug-likeness (QED) is 0.205. The minimum atomic E-state index is 1.13. The molecular weight excluding hydrogens is 527 g/mol. The predicted octanol–water partition coefficient (Wildman–Crippen LogP) is 12.0. The van der Waals surface area contributed by atoms with Crippen molar-refractivity contribution in [1.29, 1.82) is 0 Å². The molecular formula is C40H27NS. The molecule has 1 nitrogen and oxygen atoms in total. The Morgan fingerprint density at radius 1 is 0.381 bits per heavy atom. The summed E-state index contributed by atoms with van der Waals surface area (Å²) in [7, 11) is 0. The number of fused-ring (bicyclic) bond motifs is 4. The van der Waals surface area contributed by atoms with Gasteiger partial charge in [0.15, 0.2) is 0 Å². The van der Waals surface area contributed by atoms with Crippen LogP contribution in [0.5, 0.6) is 0 Å². The van der Waals surface area contributed by atoms with Crippen molar-refractivity contribution < 1.29 is 0 Å². The Balaban J connectivity index is 1.31. The molecule has 8 aromatic rings. The summed E-state index contributed by atoms with van der Waals surface area (Å²) in [5.41, 5.74) is 8.27. The second kappa shape index (κ2) is 10.3. The van der Waals surface area contributed by atoms with Crippen LogP contribution in [0, 0.1) is 0 Å². The van der Waals surface area contributed by atoms with Gasteiger partial charge in [-0.2, -0.15) is 0 Å². The van der Waals surface area contributed by atoms with Crippen molar-refractivity contribution in [3.8, 4) is 22.3 Å². The molecule has 0 aliphatic rings. The SMILES string of the molecule is c1ccc(N(c2cccc(-c3ccc4sc5ccccc5c4c3)c2)c2ccccc2-c2cccc3ccccc23)cc1. The van der Waals surface area contributed by atoms with Gasteiger partial charge in [0.1, 0.15) is 0 Å². The van der Waals surface area contributed by atoms with Crippen molar-refractivity contribution in [2.75, 3.05) is 4.90 Å². The molecule has 0 aliphatic heterocycles. The van der Waals surface area contributed by atoms with Crippen LogP contribution in [0.4, 0.5) is 17.1 Å². The summed E-state index contributed by atoms with van der Waals surface area (Å²) >= 11 is 1.86. The smallest absolute Gasteiger partial charge is 0.0540 e. The van der Waals surface area contributed by atoms with Gasteiger partial charge in [0, 0.05) is 37.1 Å². The molecule has 0 bridgehead atoms. The topological polar surface area (TPSA) is 3.24 Å². The number of para-hydroxylation sites is 2. The van der Waals surface area contributed by atoms with Crippen molar-refractivity contribution in [3.63, 3.8) is 0 Å². The van der Waals surface area contributed by atoms with E-state index < -0.39 is 0 Å². The fraction of sp³-hybridized carbons (Fsp3) is 0. The summed E-state index contributed by atoms with van der Waals surface area (Å²) in [5, 5.41) is 5.14. The number of benzene rings is 7. The fourth-order valence-corrected chi connectivity index (χ4v) is 7.18. The summed E-state index contributed by atoms with van der Waals surface area (Å²) < 4.78 is 2.66. The molecule has 0 fully saturated rings. The predicted molar refractivity (Wildman–Crippen MR) is 182 cm³/mol. The van der Waals surface area contributed by atoms with Crippen LogP contribution < -0.4 is 4.90 Å². The Bertz CT molecular complexity index is 2200. The van der Waals surface area contributed by atoms with Crippen LogP contribution in [-0.2, 0) is 0 Å². The van der Waals surface area contributed by atoms with E-state index in [1.54, 1.807) is 0 Å². The summed E-state index contributed by atoms with van der Waals surface area (Å²) in [6.07, 6.45) is 0. The van der Waals surface area contributed by atoms with Crippen molar-refractivity contribution in [1.82, 2.24) is 0 Å². The van der Waals surface area contributed by atoms with E-state index >= 15 is 0 Å². The molecule has 42 heavy (non-hydrogen) atoms. The van der Waals surface area contributed by atoms with E-state index in [0.29, 0.717) is 0 Å². The molecule has 8 rings (SSSR count). The van der Waals surface area contributed by atoms with Gasteiger partial charge in [-0.1, -0.05) is 115 Å². The Hall–Kier alpha value is -5.18. The molecule has 198 valence electrons. The molecule has 0 radical (unpaired) electrons. The van der Waals surface area contributed by atoms with Gasteiger partial charge in [-0.3, -0.25) is 0 Å². The van der Waals surface area contributed by atoms with Crippen LogP contribution in [0.1, 0.15) is 0 Å². The number of hydrogen-bond donors (Lipinski definition) is 0. The lowest BCUT2D eigenvalue weighted by atomic mass is 9.96. The first-order chi connectivity index (χ1) is 20.8. The van der Waals surface area contributed by atoms with Crippen LogP contribution >= 0.6 is 11.3 Å². The van der Waals surface area contributed by atoms with Crippen molar-refractivity contribution in [3.05, 3.63) is 164 Å². The zero-order valence-corrected chi connectivity index (χ0v) is 23.8. The minimum absolute atomic E-state index is 1.13. The van der Waals surface area contributed by atoms with Gasteiger partial charge in [-0.05, 0) is 76.0 Å². The largest absolute Gasteiger partial charge is 0.310 e. The lowest BCUT2D eigenvalue weighted by Gasteiger charge is -2.28. The first kappa shape index (κ1) is 24.6. The molecule has 0 aliphatic carbocycles. The molecule has 0 unspecified atom stereocenters. The van der Waals surface area contributed by atoms with Crippen molar-refractivity contribution >= 4 is 59.3 Å². The third-order valence-corrected chi connectivity index (χ3v) is 9.21. The highest BCUT2D eigenvalue weighted by molar-refractivity contribution is 7.25. The summed E-state index contributed by atoms with van der Waals surface area (Å²) in [5.74, 6) is 0. The molecule has 0 atom stereocenters. The Labute approximate surface area is 249 Å². The molecule has 2 heteroatoms. The summed E-state index contributed by atoms with van der Waals surface area (Å²) in [6, 6.07) is 59.2. The lowest BCUT2D eigenvalue weighted by Crippen LogP contribution is -2.11. The van der Waals surface area contributed by atoms with Gasteiger partial charge < -0.3 is 4.90 Å². The average Bonchev–Trinajstić information content (AvgIpc) is 3.44. The first-order valence-corrected chi connectivity index (χ1v) is 15.1. The normalized spacial score (nSPS) is 11.3. The molecule has 0 spiro atoms. The number of hydrogen-bond acceptors (Lipinski definition) is 2. The maximum absolute atomic E-state index is 2.39. The third-order valence-electron chi connectivity index (χ3n) is 8.05. The molecule has 0 saturated carbocycles. The molecule has 7 aromatic carbocycles. The zero-order chi connectivity index (χ0) is 27.9. The number of nitrogens with zero attached hydrogens (tertiary/aromatic N) is 1. The van der Waals surface area contributed by atoms with E-state index in [1.807, 2.05) is 11.3 Å². The van der Waals surface area contributed by atoms with E-state index in [0.717, 1.165) is 17.1 Å². The standard InChI is InChI=1S/C40H27NS/c1-2-15-31(16-3-1)41(38-22-8-6-19-35(38)34-21-11-13-28-12-4-5-18-33(28)34)32-17-10-14-29(26-32)30-24-25-40-37(27-30)36-20-7-9-23-39(36)42-40/h1-27H. The molecule has 1 heterocycles. The maximum atomic E-state index is 2.39. The maximum Gasteiger partial charge on any atom is 0.0540 e. The fourth-order valence-electron chi connectivity index (χ4n) is 6.09. The lowest BCUT2D eigenvalue weighted by molar-refractivity contribution is 1.28. The van der Waals surface area contributed by atoms with E-state index in [1.165, 1.54) is 53.2 Å². The van der Waals surface area contributed by atoms with E-state index in [-0.39, 0.29) is 0 Å². The summed E-state index contributed by atoms with van der Waals surface area (Å²) in [4.78, 5) is 2.39. The highest BCUT2D eigenvalue weighted by atomic mass is 32.1. The Kier molecular flexibility index (Phi) is 6.05. The van der Waals surface area contributed by atoms with Crippen LogP contribution in [0.15, 0.2) is 164 Å². The zero-order valence-electron chi connectivity index (χ0n) is 22.9. The molecule has 0 N–H and O–H groups in total. The molecule has 0 saturated heterocycles. The Morgan fingerprint density at radius 3 is 1.95 bits per heavy atom. The van der Waals surface area contributed by atoms with E-state index in [9.17, 15) is 0 Å². The average molecular weight is 554 g/mol.